The van der Waals surface area contributed by atoms with Crippen LogP contribution in [0.15, 0.2) is 67.0 Å². The van der Waals surface area contributed by atoms with Crippen LogP contribution in [-0.4, -0.2) is 10.9 Å². The molecule has 0 bridgehead atoms. The highest BCUT2D eigenvalue weighted by Crippen LogP contribution is 2.32. The van der Waals surface area contributed by atoms with E-state index < -0.39 is 23.5 Å². The van der Waals surface area contributed by atoms with Gasteiger partial charge in [-0.15, -0.1) is 0 Å². The Labute approximate surface area is 157 Å². The van der Waals surface area contributed by atoms with Crippen LogP contribution in [0.3, 0.4) is 0 Å². The smallest absolute Gasteiger partial charge is 0.416 e. The Balaban J connectivity index is 1.66. The quantitative estimate of drug-likeness (QED) is 0.627. The van der Waals surface area contributed by atoms with Gasteiger partial charge in [-0.3, -0.25) is 9.78 Å². The second-order valence-corrected chi connectivity index (χ2v) is 5.80. The van der Waals surface area contributed by atoms with Crippen LogP contribution < -0.4 is 10.1 Å². The summed E-state index contributed by atoms with van der Waals surface area (Å²) in [7, 11) is 0. The highest BCUT2D eigenvalue weighted by molar-refractivity contribution is 5.94. The predicted molar refractivity (Wildman–Crippen MR) is 93.3 cm³/mol. The molecule has 0 saturated heterocycles. The molecule has 144 valence electrons. The lowest BCUT2D eigenvalue weighted by Crippen LogP contribution is -2.24. The molecule has 0 aliphatic rings. The number of benzene rings is 2. The lowest BCUT2D eigenvalue weighted by atomic mass is 10.1. The molecule has 1 N–H and O–H groups in total. The number of hydrogen-bond acceptors (Lipinski definition) is 3. The van der Waals surface area contributed by atoms with Gasteiger partial charge < -0.3 is 10.1 Å². The normalized spacial score (nSPS) is 11.1. The molecular formula is C20H14F4N2O2. The summed E-state index contributed by atoms with van der Waals surface area (Å²) in [5.41, 5.74) is -1.10. The summed E-state index contributed by atoms with van der Waals surface area (Å²) in [6, 6.07) is 11.8. The lowest BCUT2D eigenvalue weighted by molar-refractivity contribution is -0.138. The molecule has 0 fully saturated rings. The third-order valence-corrected chi connectivity index (χ3v) is 3.80. The Morgan fingerprint density at radius 2 is 1.79 bits per heavy atom. The first kappa shape index (κ1) is 19.3. The molecule has 0 spiro atoms. The summed E-state index contributed by atoms with van der Waals surface area (Å²) in [6.07, 6.45) is -1.58. The topological polar surface area (TPSA) is 51.2 Å². The van der Waals surface area contributed by atoms with E-state index in [1.165, 1.54) is 18.3 Å². The van der Waals surface area contributed by atoms with Gasteiger partial charge in [0.25, 0.3) is 5.91 Å². The molecule has 0 atom stereocenters. The van der Waals surface area contributed by atoms with E-state index >= 15 is 0 Å². The zero-order valence-corrected chi connectivity index (χ0v) is 14.3. The molecule has 3 aromatic rings. The van der Waals surface area contributed by atoms with E-state index in [-0.39, 0.29) is 17.7 Å². The summed E-state index contributed by atoms with van der Waals surface area (Å²) in [5, 5.41) is 2.40. The number of nitrogens with zero attached hydrogens (tertiary/aromatic N) is 1. The monoisotopic (exact) mass is 390 g/mol. The number of rotatable bonds is 5. The Morgan fingerprint density at radius 3 is 2.43 bits per heavy atom. The summed E-state index contributed by atoms with van der Waals surface area (Å²) in [5.74, 6) is -0.560. The molecule has 28 heavy (non-hydrogen) atoms. The van der Waals surface area contributed by atoms with E-state index in [0.717, 1.165) is 12.1 Å². The molecule has 8 heteroatoms. The molecule has 0 aliphatic carbocycles. The van der Waals surface area contributed by atoms with Crippen LogP contribution in [-0.2, 0) is 12.7 Å². The maximum Gasteiger partial charge on any atom is 0.416 e. The van der Waals surface area contributed by atoms with Crippen molar-refractivity contribution in [1.29, 1.82) is 0 Å². The molecule has 1 amide bonds. The van der Waals surface area contributed by atoms with Gasteiger partial charge in [-0.05, 0) is 54.1 Å². The van der Waals surface area contributed by atoms with Crippen molar-refractivity contribution < 1.29 is 27.1 Å². The lowest BCUT2D eigenvalue weighted by Gasteiger charge is -2.14. The van der Waals surface area contributed by atoms with Crippen LogP contribution in [0.4, 0.5) is 17.6 Å². The average molecular weight is 390 g/mol. The third-order valence-electron chi connectivity index (χ3n) is 3.80. The van der Waals surface area contributed by atoms with Crippen molar-refractivity contribution in [1.82, 2.24) is 10.3 Å². The maximum atomic E-state index is 13.1. The van der Waals surface area contributed by atoms with Crippen LogP contribution >= 0.6 is 0 Å². The number of ether oxygens (including phenoxy) is 1. The number of alkyl halides is 3. The van der Waals surface area contributed by atoms with Crippen LogP contribution in [0.2, 0.25) is 0 Å². The van der Waals surface area contributed by atoms with Crippen molar-refractivity contribution >= 4 is 5.91 Å². The second-order valence-electron chi connectivity index (χ2n) is 5.80. The fraction of sp³-hybridized carbons (Fsp3) is 0.100. The van der Waals surface area contributed by atoms with Crippen molar-refractivity contribution in [2.24, 2.45) is 0 Å². The Hall–Kier alpha value is -3.42. The van der Waals surface area contributed by atoms with Crippen LogP contribution in [0.1, 0.15) is 21.5 Å². The Morgan fingerprint density at radius 1 is 1.04 bits per heavy atom. The minimum absolute atomic E-state index is 0.223. The fourth-order valence-electron chi connectivity index (χ4n) is 2.46. The van der Waals surface area contributed by atoms with E-state index in [1.807, 2.05) is 0 Å². The fourth-order valence-corrected chi connectivity index (χ4v) is 2.46. The number of hydrogen-bond donors (Lipinski definition) is 1. The molecule has 0 unspecified atom stereocenters. The molecular weight excluding hydrogens is 376 g/mol. The van der Waals surface area contributed by atoms with E-state index in [9.17, 15) is 22.4 Å². The molecule has 1 aromatic heterocycles. The van der Waals surface area contributed by atoms with Crippen LogP contribution in [0.25, 0.3) is 0 Å². The minimum Gasteiger partial charge on any atom is -0.456 e. The zero-order chi connectivity index (χ0) is 20.1. The van der Waals surface area contributed by atoms with E-state index in [1.54, 1.807) is 30.5 Å². The van der Waals surface area contributed by atoms with Gasteiger partial charge in [-0.25, -0.2) is 4.39 Å². The van der Waals surface area contributed by atoms with E-state index in [2.05, 4.69) is 10.3 Å². The summed E-state index contributed by atoms with van der Waals surface area (Å²) in [4.78, 5) is 16.1. The number of aromatic nitrogens is 1. The van der Waals surface area contributed by atoms with Crippen molar-refractivity contribution in [3.63, 3.8) is 0 Å². The summed E-state index contributed by atoms with van der Waals surface area (Å²) in [6.45, 7) is -0.387. The summed E-state index contributed by atoms with van der Waals surface area (Å²) < 4.78 is 57.7. The average Bonchev–Trinajstić information content (AvgIpc) is 2.67. The third kappa shape index (κ3) is 4.85. The molecule has 0 radical (unpaired) electrons. The number of carbonyl (C=O) groups excluding carboxylic acids is 1. The van der Waals surface area contributed by atoms with Gasteiger partial charge in [-0.1, -0.05) is 6.07 Å². The number of pyridine rings is 1. The van der Waals surface area contributed by atoms with Gasteiger partial charge in [0, 0.05) is 18.3 Å². The molecule has 0 saturated carbocycles. The van der Waals surface area contributed by atoms with E-state index in [4.69, 9.17) is 4.74 Å². The Kier molecular flexibility index (Phi) is 5.58. The van der Waals surface area contributed by atoms with Crippen molar-refractivity contribution in [3.05, 3.63) is 89.5 Å². The number of nitrogens with one attached hydrogen (secondary N) is 1. The van der Waals surface area contributed by atoms with Crippen LogP contribution in [0.5, 0.6) is 11.5 Å². The van der Waals surface area contributed by atoms with Crippen LogP contribution in [0, 0.1) is 5.82 Å². The Bertz CT molecular complexity index is 958. The largest absolute Gasteiger partial charge is 0.456 e. The van der Waals surface area contributed by atoms with E-state index in [0.29, 0.717) is 17.6 Å². The molecule has 1 heterocycles. The number of halogens is 4. The van der Waals surface area contributed by atoms with Crippen molar-refractivity contribution in [2.45, 2.75) is 12.7 Å². The van der Waals surface area contributed by atoms with Gasteiger partial charge in [-0.2, -0.15) is 13.2 Å². The number of amides is 1. The molecule has 4 nitrogen and oxygen atoms in total. The van der Waals surface area contributed by atoms with Gasteiger partial charge in [0.1, 0.15) is 17.3 Å². The number of carbonyl (C=O) groups is 1. The first-order valence-electron chi connectivity index (χ1n) is 8.15. The van der Waals surface area contributed by atoms with Gasteiger partial charge >= 0.3 is 6.18 Å². The zero-order valence-electron chi connectivity index (χ0n) is 14.3. The predicted octanol–water partition coefficient (Wildman–Crippen LogP) is 4.96. The van der Waals surface area contributed by atoms with Gasteiger partial charge in [0.15, 0.2) is 0 Å². The second kappa shape index (κ2) is 8.08. The molecule has 2 aromatic carbocycles. The first-order valence-corrected chi connectivity index (χ1v) is 8.15. The van der Waals surface area contributed by atoms with Gasteiger partial charge in [0.05, 0.1) is 11.8 Å². The maximum absolute atomic E-state index is 13.1. The molecule has 3 rings (SSSR count). The minimum atomic E-state index is -4.71. The highest BCUT2D eigenvalue weighted by atomic mass is 19.4. The highest BCUT2D eigenvalue weighted by Gasteiger charge is 2.33. The first-order chi connectivity index (χ1) is 13.3. The van der Waals surface area contributed by atoms with Crippen molar-refractivity contribution in [2.75, 3.05) is 0 Å². The summed E-state index contributed by atoms with van der Waals surface area (Å²) >= 11 is 0. The van der Waals surface area contributed by atoms with Crippen molar-refractivity contribution in [3.8, 4) is 11.5 Å². The van der Waals surface area contributed by atoms with Gasteiger partial charge in [0.2, 0.25) is 0 Å². The molecule has 0 aliphatic heterocycles. The standard InChI is InChI=1S/C20H14F4N2O2/c21-15-6-3-14(18(10-15)20(22,23)24)11-26-19(27)13-4-7-16(8-5-13)28-17-2-1-9-25-12-17/h1-10,12H,11H2,(H,26,27). The SMILES string of the molecule is O=C(NCc1ccc(F)cc1C(F)(F)F)c1ccc(Oc2cccnc2)cc1.